The van der Waals surface area contributed by atoms with Gasteiger partial charge in [0.2, 0.25) is 0 Å². The predicted molar refractivity (Wildman–Crippen MR) is 89.1 cm³/mol. The Bertz CT molecular complexity index is 918. The first-order chi connectivity index (χ1) is 10.3. The van der Waals surface area contributed by atoms with E-state index in [9.17, 15) is 0 Å². The highest BCUT2D eigenvalue weighted by molar-refractivity contribution is 7.12. The van der Waals surface area contributed by atoms with Gasteiger partial charge >= 0.3 is 0 Å². The quantitative estimate of drug-likeness (QED) is 0.504. The smallest absolute Gasteiger partial charge is 0.194 e. The summed E-state index contributed by atoms with van der Waals surface area (Å²) in [5, 5.41) is 4.38. The van der Waals surface area contributed by atoms with E-state index in [2.05, 4.69) is 77.7 Å². The Morgan fingerprint density at radius 3 is 2.67 bits per heavy atom. The standard InChI is InChI=1S/C18H14N2S/c1-13-6-2-4-8-15(13)16-12-21-18(19-16)20-11-10-14-7-3-5-9-17(14)20/h2-12H,1H3. The summed E-state index contributed by atoms with van der Waals surface area (Å²) in [6, 6.07) is 18.9. The number of fused-ring (bicyclic) bond motifs is 1. The molecule has 0 spiro atoms. The van der Waals surface area contributed by atoms with Crippen molar-refractivity contribution in [3.63, 3.8) is 0 Å². The molecule has 0 fully saturated rings. The highest BCUT2D eigenvalue weighted by Crippen LogP contribution is 2.28. The van der Waals surface area contributed by atoms with Gasteiger partial charge in [-0.1, -0.05) is 42.5 Å². The van der Waals surface area contributed by atoms with E-state index in [0.717, 1.165) is 10.8 Å². The van der Waals surface area contributed by atoms with Gasteiger partial charge < -0.3 is 0 Å². The largest absolute Gasteiger partial charge is 0.293 e. The first-order valence-electron chi connectivity index (χ1n) is 6.91. The van der Waals surface area contributed by atoms with Gasteiger partial charge in [0.05, 0.1) is 11.2 Å². The van der Waals surface area contributed by atoms with Crippen molar-refractivity contribution in [1.29, 1.82) is 0 Å². The van der Waals surface area contributed by atoms with Crippen LogP contribution in [0.2, 0.25) is 0 Å². The van der Waals surface area contributed by atoms with Gasteiger partial charge in [0.15, 0.2) is 5.13 Å². The first kappa shape index (κ1) is 12.4. The van der Waals surface area contributed by atoms with Gasteiger partial charge in [-0.05, 0) is 24.6 Å². The van der Waals surface area contributed by atoms with Gasteiger partial charge in [-0.15, -0.1) is 11.3 Å². The van der Waals surface area contributed by atoms with E-state index in [0.29, 0.717) is 0 Å². The van der Waals surface area contributed by atoms with E-state index >= 15 is 0 Å². The summed E-state index contributed by atoms with van der Waals surface area (Å²) in [5.74, 6) is 0. The minimum Gasteiger partial charge on any atom is -0.293 e. The van der Waals surface area contributed by atoms with Crippen LogP contribution in [0.4, 0.5) is 0 Å². The van der Waals surface area contributed by atoms with Crippen LogP contribution in [0.15, 0.2) is 66.2 Å². The van der Waals surface area contributed by atoms with E-state index < -0.39 is 0 Å². The molecule has 0 N–H and O–H groups in total. The molecule has 2 heterocycles. The van der Waals surface area contributed by atoms with Crippen molar-refractivity contribution in [2.45, 2.75) is 6.92 Å². The molecule has 0 saturated carbocycles. The summed E-state index contributed by atoms with van der Waals surface area (Å²) < 4.78 is 2.15. The molecule has 0 radical (unpaired) electrons. The van der Waals surface area contributed by atoms with Crippen molar-refractivity contribution in [2.24, 2.45) is 0 Å². The summed E-state index contributed by atoms with van der Waals surface area (Å²) in [6.45, 7) is 2.12. The van der Waals surface area contributed by atoms with Crippen molar-refractivity contribution in [1.82, 2.24) is 9.55 Å². The van der Waals surface area contributed by atoms with Crippen LogP contribution < -0.4 is 0 Å². The molecule has 102 valence electrons. The molecule has 0 atom stereocenters. The van der Waals surface area contributed by atoms with Crippen LogP contribution in [0.5, 0.6) is 0 Å². The Labute approximate surface area is 127 Å². The summed E-state index contributed by atoms with van der Waals surface area (Å²) >= 11 is 1.68. The third kappa shape index (κ3) is 2.06. The maximum Gasteiger partial charge on any atom is 0.194 e. The zero-order chi connectivity index (χ0) is 14.2. The summed E-state index contributed by atoms with van der Waals surface area (Å²) in [4.78, 5) is 4.82. The number of para-hydroxylation sites is 1. The van der Waals surface area contributed by atoms with Crippen LogP contribution in [0.3, 0.4) is 0 Å². The van der Waals surface area contributed by atoms with Gasteiger partial charge in [-0.25, -0.2) is 4.98 Å². The van der Waals surface area contributed by atoms with Gasteiger partial charge in [-0.3, -0.25) is 4.57 Å². The van der Waals surface area contributed by atoms with Crippen LogP contribution in [0.1, 0.15) is 5.56 Å². The second kappa shape index (κ2) is 4.86. The van der Waals surface area contributed by atoms with Crippen LogP contribution in [-0.2, 0) is 0 Å². The second-order valence-electron chi connectivity index (χ2n) is 5.07. The topological polar surface area (TPSA) is 17.8 Å². The van der Waals surface area contributed by atoms with Crippen molar-refractivity contribution in [3.05, 3.63) is 71.7 Å². The minimum absolute atomic E-state index is 1.01. The molecule has 2 aromatic heterocycles. The van der Waals surface area contributed by atoms with E-state index in [1.54, 1.807) is 11.3 Å². The zero-order valence-electron chi connectivity index (χ0n) is 11.7. The van der Waals surface area contributed by atoms with Gasteiger partial charge in [0.1, 0.15) is 0 Å². The minimum atomic E-state index is 1.01. The lowest BCUT2D eigenvalue weighted by atomic mass is 10.1. The highest BCUT2D eigenvalue weighted by atomic mass is 32.1. The number of aryl methyl sites for hydroxylation is 1. The molecule has 0 aliphatic heterocycles. The number of benzene rings is 2. The van der Waals surface area contributed by atoms with Crippen LogP contribution >= 0.6 is 11.3 Å². The molecule has 4 aromatic rings. The fourth-order valence-corrected chi connectivity index (χ4v) is 3.43. The molecule has 0 unspecified atom stereocenters. The average molecular weight is 290 g/mol. The third-order valence-corrected chi connectivity index (χ3v) is 4.56. The molecule has 0 aliphatic rings. The molecular formula is C18H14N2S. The lowest BCUT2D eigenvalue weighted by molar-refractivity contribution is 1.09. The van der Waals surface area contributed by atoms with Crippen LogP contribution in [-0.4, -0.2) is 9.55 Å². The van der Waals surface area contributed by atoms with Crippen molar-refractivity contribution < 1.29 is 0 Å². The fourth-order valence-electron chi connectivity index (χ4n) is 2.61. The van der Waals surface area contributed by atoms with Crippen LogP contribution in [0.25, 0.3) is 27.3 Å². The molecule has 0 saturated heterocycles. The summed E-state index contributed by atoms with van der Waals surface area (Å²) in [5.41, 5.74) is 4.71. The number of nitrogens with zero attached hydrogens (tertiary/aromatic N) is 2. The van der Waals surface area contributed by atoms with E-state index in [-0.39, 0.29) is 0 Å². The third-order valence-electron chi connectivity index (χ3n) is 3.72. The second-order valence-corrected chi connectivity index (χ2v) is 5.91. The Hall–Kier alpha value is -2.39. The number of hydrogen-bond acceptors (Lipinski definition) is 2. The Morgan fingerprint density at radius 2 is 1.76 bits per heavy atom. The fraction of sp³-hybridized carbons (Fsp3) is 0.0556. The monoisotopic (exact) mass is 290 g/mol. The molecule has 0 aliphatic carbocycles. The van der Waals surface area contributed by atoms with Crippen LogP contribution in [0, 0.1) is 6.92 Å². The lowest BCUT2D eigenvalue weighted by Crippen LogP contribution is -1.91. The molecule has 4 rings (SSSR count). The molecule has 0 bridgehead atoms. The molecule has 2 nitrogen and oxygen atoms in total. The molecule has 21 heavy (non-hydrogen) atoms. The van der Waals surface area contributed by atoms with Gasteiger partial charge in [0.25, 0.3) is 0 Å². The summed E-state index contributed by atoms with van der Waals surface area (Å²) in [7, 11) is 0. The van der Waals surface area contributed by atoms with Gasteiger partial charge in [-0.2, -0.15) is 0 Å². The maximum absolute atomic E-state index is 4.82. The Balaban J connectivity index is 1.83. The summed E-state index contributed by atoms with van der Waals surface area (Å²) in [6.07, 6.45) is 2.09. The SMILES string of the molecule is Cc1ccccc1-c1csc(-n2ccc3ccccc32)n1. The Kier molecular flexibility index (Phi) is 2.86. The van der Waals surface area contributed by atoms with Gasteiger partial charge in [0, 0.05) is 22.5 Å². The predicted octanol–water partition coefficient (Wildman–Crippen LogP) is 5.06. The van der Waals surface area contributed by atoms with E-state index in [1.807, 2.05) is 0 Å². The molecule has 0 amide bonds. The van der Waals surface area contributed by atoms with E-state index in [4.69, 9.17) is 4.98 Å². The number of hydrogen-bond donors (Lipinski definition) is 0. The Morgan fingerprint density at radius 1 is 0.952 bits per heavy atom. The maximum atomic E-state index is 4.82. The number of rotatable bonds is 2. The zero-order valence-corrected chi connectivity index (χ0v) is 12.5. The van der Waals surface area contributed by atoms with Crippen molar-refractivity contribution in [3.8, 4) is 16.4 Å². The molecule has 3 heteroatoms. The average Bonchev–Trinajstić information content (AvgIpc) is 3.14. The first-order valence-corrected chi connectivity index (χ1v) is 7.79. The lowest BCUT2D eigenvalue weighted by Gasteiger charge is -2.02. The molecule has 2 aromatic carbocycles. The van der Waals surface area contributed by atoms with E-state index in [1.165, 1.54) is 22.0 Å². The highest BCUT2D eigenvalue weighted by Gasteiger charge is 2.09. The number of thiazole rings is 1. The van der Waals surface area contributed by atoms with Crippen molar-refractivity contribution in [2.75, 3.05) is 0 Å². The normalized spacial score (nSPS) is 11.1. The number of aromatic nitrogens is 2. The van der Waals surface area contributed by atoms with Crippen molar-refractivity contribution >= 4 is 22.2 Å². The molecular weight excluding hydrogens is 276 g/mol.